The van der Waals surface area contributed by atoms with Crippen LogP contribution in [0.2, 0.25) is 0 Å². The van der Waals surface area contributed by atoms with E-state index in [1.54, 1.807) is 23.0 Å². The van der Waals surface area contributed by atoms with Gasteiger partial charge in [0.1, 0.15) is 11.5 Å². The molecule has 0 saturated carbocycles. The number of hydrogen-bond donors (Lipinski definition) is 1. The molecule has 0 unspecified atom stereocenters. The molecule has 2 aromatic carbocycles. The molecule has 3 rings (SSSR count). The van der Waals surface area contributed by atoms with Crippen LogP contribution in [-0.4, -0.2) is 47.8 Å². The first-order chi connectivity index (χ1) is 13.4. The van der Waals surface area contributed by atoms with Gasteiger partial charge in [-0.3, -0.25) is 4.79 Å². The summed E-state index contributed by atoms with van der Waals surface area (Å²) in [6.07, 6.45) is 2.57. The molecule has 1 aromatic heterocycles. The average molecular weight is 380 g/mol. The minimum Gasteiger partial charge on any atom is -0.352 e. The van der Waals surface area contributed by atoms with Crippen LogP contribution < -0.4 is 5.32 Å². The summed E-state index contributed by atoms with van der Waals surface area (Å²) in [7, 11) is 4.01. The largest absolute Gasteiger partial charge is 0.352 e. The quantitative estimate of drug-likeness (QED) is 0.637. The van der Waals surface area contributed by atoms with E-state index >= 15 is 0 Å². The van der Waals surface area contributed by atoms with Crippen LogP contribution in [0.3, 0.4) is 0 Å². The molecule has 0 aliphatic heterocycles. The van der Waals surface area contributed by atoms with Crippen LogP contribution in [0, 0.1) is 12.7 Å². The van der Waals surface area contributed by atoms with E-state index in [-0.39, 0.29) is 11.7 Å². The molecule has 0 bridgehead atoms. The second-order valence-corrected chi connectivity index (χ2v) is 7.09. The number of carbonyl (C=O) groups is 1. The first kappa shape index (κ1) is 19.8. The van der Waals surface area contributed by atoms with Crippen LogP contribution in [0.4, 0.5) is 4.39 Å². The lowest BCUT2D eigenvalue weighted by molar-refractivity contribution is 0.0953. The highest BCUT2D eigenvalue weighted by Crippen LogP contribution is 2.24. The summed E-state index contributed by atoms with van der Waals surface area (Å²) >= 11 is 0. The van der Waals surface area contributed by atoms with Crippen molar-refractivity contribution in [3.63, 3.8) is 0 Å². The van der Waals surface area contributed by atoms with Crippen molar-refractivity contribution >= 4 is 5.91 Å². The van der Waals surface area contributed by atoms with Gasteiger partial charge in [0.25, 0.3) is 5.91 Å². The van der Waals surface area contributed by atoms with Crippen molar-refractivity contribution in [3.8, 4) is 16.9 Å². The highest BCUT2D eigenvalue weighted by molar-refractivity contribution is 6.00. The van der Waals surface area contributed by atoms with Crippen LogP contribution in [0.5, 0.6) is 0 Å². The molecule has 1 N–H and O–H groups in total. The Kier molecular flexibility index (Phi) is 6.21. The van der Waals surface area contributed by atoms with E-state index < -0.39 is 0 Å². The van der Waals surface area contributed by atoms with Crippen LogP contribution in [0.25, 0.3) is 16.9 Å². The van der Waals surface area contributed by atoms with Crippen LogP contribution in [0.15, 0.2) is 54.7 Å². The van der Waals surface area contributed by atoms with Crippen molar-refractivity contribution in [2.45, 2.75) is 13.3 Å². The molecule has 0 saturated heterocycles. The first-order valence-corrected chi connectivity index (χ1v) is 9.29. The zero-order chi connectivity index (χ0) is 20.1. The van der Waals surface area contributed by atoms with E-state index in [4.69, 9.17) is 0 Å². The van der Waals surface area contributed by atoms with E-state index in [9.17, 15) is 9.18 Å². The Morgan fingerprint density at radius 1 is 1.18 bits per heavy atom. The number of hydrogen-bond acceptors (Lipinski definition) is 3. The predicted octanol–water partition coefficient (Wildman–Crippen LogP) is 3.67. The molecular weight excluding hydrogens is 355 g/mol. The second kappa shape index (κ2) is 8.80. The molecule has 3 aromatic rings. The normalized spacial score (nSPS) is 11.0. The van der Waals surface area contributed by atoms with Crippen molar-refractivity contribution < 1.29 is 9.18 Å². The summed E-state index contributed by atoms with van der Waals surface area (Å²) in [6, 6.07) is 13.9. The number of nitrogens with zero attached hydrogens (tertiary/aromatic N) is 3. The van der Waals surface area contributed by atoms with Crippen molar-refractivity contribution in [2.24, 2.45) is 0 Å². The maximum atomic E-state index is 13.3. The lowest BCUT2D eigenvalue weighted by atomic mass is 10.1. The van der Waals surface area contributed by atoms with E-state index in [0.29, 0.717) is 23.5 Å². The molecule has 28 heavy (non-hydrogen) atoms. The van der Waals surface area contributed by atoms with Gasteiger partial charge in [0, 0.05) is 18.3 Å². The van der Waals surface area contributed by atoms with Crippen molar-refractivity contribution in [3.05, 3.63) is 71.7 Å². The Balaban J connectivity index is 1.92. The molecule has 6 heteroatoms. The maximum absolute atomic E-state index is 13.3. The fraction of sp³-hybridized carbons (Fsp3) is 0.273. The molecule has 146 valence electrons. The Morgan fingerprint density at radius 2 is 1.93 bits per heavy atom. The molecule has 0 spiro atoms. The Hall–Kier alpha value is -2.99. The van der Waals surface area contributed by atoms with E-state index in [1.807, 2.05) is 45.3 Å². The van der Waals surface area contributed by atoms with Crippen molar-refractivity contribution in [1.29, 1.82) is 0 Å². The Labute approximate surface area is 164 Å². The lowest BCUT2D eigenvalue weighted by Crippen LogP contribution is -2.27. The Bertz CT molecular complexity index is 947. The van der Waals surface area contributed by atoms with Crippen LogP contribution >= 0.6 is 0 Å². The zero-order valence-electron chi connectivity index (χ0n) is 16.4. The van der Waals surface area contributed by atoms with Crippen LogP contribution in [0.1, 0.15) is 22.3 Å². The minimum absolute atomic E-state index is 0.163. The standard InChI is InChI=1S/C22H25FN4O/c1-16-6-4-7-17(14-16)21-20(22(28)24-12-5-13-26(2)3)15-27(25-21)19-10-8-18(23)9-11-19/h4,6-11,14-15H,5,12-13H2,1-3H3,(H,24,28). The summed E-state index contributed by atoms with van der Waals surface area (Å²) < 4.78 is 14.9. The molecular formula is C22H25FN4O. The van der Waals surface area contributed by atoms with Gasteiger partial charge in [-0.05, 0) is 64.3 Å². The third-order valence-electron chi connectivity index (χ3n) is 4.41. The van der Waals surface area contributed by atoms with Gasteiger partial charge in [-0.25, -0.2) is 9.07 Å². The number of nitrogens with one attached hydrogen (secondary N) is 1. The number of benzene rings is 2. The first-order valence-electron chi connectivity index (χ1n) is 9.29. The third kappa shape index (κ3) is 4.84. The van der Waals surface area contributed by atoms with Gasteiger partial charge in [-0.15, -0.1) is 0 Å². The summed E-state index contributed by atoms with van der Waals surface area (Å²) in [5.74, 6) is -0.475. The van der Waals surface area contributed by atoms with E-state index in [0.717, 1.165) is 24.1 Å². The Morgan fingerprint density at radius 3 is 2.61 bits per heavy atom. The summed E-state index contributed by atoms with van der Waals surface area (Å²) in [6.45, 7) is 3.49. The highest BCUT2D eigenvalue weighted by Gasteiger charge is 2.18. The third-order valence-corrected chi connectivity index (χ3v) is 4.41. The number of amides is 1. The smallest absolute Gasteiger partial charge is 0.255 e. The van der Waals surface area contributed by atoms with Gasteiger partial charge in [-0.2, -0.15) is 5.10 Å². The van der Waals surface area contributed by atoms with Gasteiger partial charge in [-0.1, -0.05) is 23.8 Å². The van der Waals surface area contributed by atoms with Gasteiger partial charge in [0.2, 0.25) is 0 Å². The van der Waals surface area contributed by atoms with E-state index in [1.165, 1.54) is 12.1 Å². The lowest BCUT2D eigenvalue weighted by Gasteiger charge is -2.10. The zero-order valence-corrected chi connectivity index (χ0v) is 16.4. The molecule has 0 atom stereocenters. The summed E-state index contributed by atoms with van der Waals surface area (Å²) in [4.78, 5) is 14.9. The van der Waals surface area contributed by atoms with Crippen molar-refractivity contribution in [1.82, 2.24) is 20.0 Å². The molecule has 0 aliphatic rings. The van der Waals surface area contributed by atoms with Gasteiger partial charge in [0.15, 0.2) is 0 Å². The molecule has 1 amide bonds. The monoisotopic (exact) mass is 380 g/mol. The van der Waals surface area contributed by atoms with Gasteiger partial charge < -0.3 is 10.2 Å². The van der Waals surface area contributed by atoms with Gasteiger partial charge in [0.05, 0.1) is 11.3 Å². The number of aryl methyl sites for hydroxylation is 1. The average Bonchev–Trinajstić information content (AvgIpc) is 3.11. The number of carbonyl (C=O) groups excluding carboxylic acids is 1. The topological polar surface area (TPSA) is 50.2 Å². The molecule has 0 fully saturated rings. The van der Waals surface area contributed by atoms with Crippen LogP contribution in [-0.2, 0) is 0 Å². The van der Waals surface area contributed by atoms with E-state index in [2.05, 4.69) is 15.3 Å². The van der Waals surface area contributed by atoms with Crippen molar-refractivity contribution in [2.75, 3.05) is 27.2 Å². The number of halogens is 1. The maximum Gasteiger partial charge on any atom is 0.255 e. The predicted molar refractivity (Wildman–Crippen MR) is 109 cm³/mol. The summed E-state index contributed by atoms with van der Waals surface area (Å²) in [5, 5.41) is 7.60. The summed E-state index contributed by atoms with van der Waals surface area (Å²) in [5.41, 5.74) is 3.77. The molecule has 5 nitrogen and oxygen atoms in total. The second-order valence-electron chi connectivity index (χ2n) is 7.09. The molecule has 0 radical (unpaired) electrons. The number of rotatable bonds is 7. The molecule has 1 heterocycles. The fourth-order valence-electron chi connectivity index (χ4n) is 2.96. The highest BCUT2D eigenvalue weighted by atomic mass is 19.1. The minimum atomic E-state index is -0.311. The fourth-order valence-corrected chi connectivity index (χ4v) is 2.96. The molecule has 0 aliphatic carbocycles. The van der Waals surface area contributed by atoms with Gasteiger partial charge >= 0.3 is 0 Å². The number of aromatic nitrogens is 2. The SMILES string of the molecule is Cc1cccc(-c2nn(-c3ccc(F)cc3)cc2C(=O)NCCCN(C)C)c1.